The maximum absolute atomic E-state index is 10.7. The number of carboxylic acids is 1. The molecule has 1 unspecified atom stereocenters. The van der Waals surface area contributed by atoms with E-state index in [-0.39, 0.29) is 11.7 Å². The van der Waals surface area contributed by atoms with E-state index < -0.39 is 5.97 Å². The zero-order chi connectivity index (χ0) is 10.1. The molecule has 1 aliphatic rings. The summed E-state index contributed by atoms with van der Waals surface area (Å²) in [6.45, 7) is 0.455. The van der Waals surface area contributed by atoms with E-state index in [2.05, 4.69) is 0 Å². The fourth-order valence-corrected chi connectivity index (χ4v) is 1.56. The van der Waals surface area contributed by atoms with Gasteiger partial charge in [-0.25, -0.2) is 4.79 Å². The number of fused-ring (bicyclic) bond motifs is 1. The number of hydrogen-bond donors (Lipinski definition) is 2. The van der Waals surface area contributed by atoms with Crippen LogP contribution < -0.4 is 10.5 Å². The fraction of sp³-hybridized carbons (Fsp3) is 0.300. The number of nitrogens with two attached hydrogens (primary N) is 1. The smallest absolute Gasteiger partial charge is 0.335 e. The first-order chi connectivity index (χ1) is 6.70. The standard InChI is InChI=1S/C10H11NO3/c11-5-8-3-6-1-2-7(10(12)13)4-9(6)14-8/h1-2,4,8H,3,5,11H2,(H,12,13). The van der Waals surface area contributed by atoms with Gasteiger partial charge < -0.3 is 15.6 Å². The molecule has 74 valence electrons. The Kier molecular flexibility index (Phi) is 2.13. The molecule has 1 atom stereocenters. The minimum Gasteiger partial charge on any atom is -0.488 e. The Balaban J connectivity index is 2.31. The molecule has 0 bridgehead atoms. The molecule has 0 fully saturated rings. The fourth-order valence-electron chi connectivity index (χ4n) is 1.56. The summed E-state index contributed by atoms with van der Waals surface area (Å²) in [5.74, 6) is -0.284. The highest BCUT2D eigenvalue weighted by molar-refractivity contribution is 5.88. The van der Waals surface area contributed by atoms with E-state index in [9.17, 15) is 4.79 Å². The lowest BCUT2D eigenvalue weighted by Crippen LogP contribution is -2.24. The van der Waals surface area contributed by atoms with Gasteiger partial charge in [0.15, 0.2) is 0 Å². The van der Waals surface area contributed by atoms with E-state index in [0.717, 1.165) is 12.0 Å². The zero-order valence-corrected chi connectivity index (χ0v) is 7.56. The van der Waals surface area contributed by atoms with Crippen molar-refractivity contribution in [1.82, 2.24) is 0 Å². The van der Waals surface area contributed by atoms with Crippen LogP contribution in [0.4, 0.5) is 0 Å². The van der Waals surface area contributed by atoms with Gasteiger partial charge in [0, 0.05) is 13.0 Å². The van der Waals surface area contributed by atoms with E-state index in [1.165, 1.54) is 0 Å². The Labute approximate surface area is 81.3 Å². The molecule has 0 saturated heterocycles. The molecule has 0 radical (unpaired) electrons. The normalized spacial score (nSPS) is 18.8. The van der Waals surface area contributed by atoms with Gasteiger partial charge in [0.2, 0.25) is 0 Å². The van der Waals surface area contributed by atoms with Gasteiger partial charge in [-0.3, -0.25) is 0 Å². The van der Waals surface area contributed by atoms with Crippen LogP contribution in [0.5, 0.6) is 5.75 Å². The third-order valence-corrected chi connectivity index (χ3v) is 2.32. The number of rotatable bonds is 2. The topological polar surface area (TPSA) is 72.6 Å². The van der Waals surface area contributed by atoms with Crippen LogP contribution in [-0.4, -0.2) is 23.7 Å². The van der Waals surface area contributed by atoms with Crippen LogP contribution in [0.3, 0.4) is 0 Å². The zero-order valence-electron chi connectivity index (χ0n) is 7.56. The van der Waals surface area contributed by atoms with Crippen LogP contribution in [0.25, 0.3) is 0 Å². The second-order valence-corrected chi connectivity index (χ2v) is 3.31. The average Bonchev–Trinajstić information content (AvgIpc) is 2.58. The Morgan fingerprint density at radius 3 is 3.07 bits per heavy atom. The second-order valence-electron chi connectivity index (χ2n) is 3.31. The molecule has 0 saturated carbocycles. The van der Waals surface area contributed by atoms with Crippen molar-refractivity contribution >= 4 is 5.97 Å². The highest BCUT2D eigenvalue weighted by Crippen LogP contribution is 2.29. The van der Waals surface area contributed by atoms with Gasteiger partial charge in [-0.2, -0.15) is 0 Å². The van der Waals surface area contributed by atoms with Crippen LogP contribution in [0.2, 0.25) is 0 Å². The molecule has 1 aromatic rings. The van der Waals surface area contributed by atoms with Crippen molar-refractivity contribution < 1.29 is 14.6 Å². The van der Waals surface area contributed by atoms with Crippen molar-refractivity contribution in [3.05, 3.63) is 29.3 Å². The van der Waals surface area contributed by atoms with E-state index in [1.807, 2.05) is 0 Å². The predicted molar refractivity (Wildman–Crippen MR) is 50.6 cm³/mol. The molecule has 2 rings (SSSR count). The molecule has 14 heavy (non-hydrogen) atoms. The van der Waals surface area contributed by atoms with Gasteiger partial charge in [0.1, 0.15) is 11.9 Å². The minimum atomic E-state index is -0.937. The summed E-state index contributed by atoms with van der Waals surface area (Å²) in [5.41, 5.74) is 6.75. The second kappa shape index (κ2) is 3.31. The summed E-state index contributed by atoms with van der Waals surface area (Å²) < 4.78 is 5.46. The molecule has 1 heterocycles. The average molecular weight is 193 g/mol. The van der Waals surface area contributed by atoms with Gasteiger partial charge in [0.05, 0.1) is 5.56 Å². The number of ether oxygens (including phenoxy) is 1. The third-order valence-electron chi connectivity index (χ3n) is 2.32. The monoisotopic (exact) mass is 193 g/mol. The van der Waals surface area contributed by atoms with Gasteiger partial charge in [-0.1, -0.05) is 6.07 Å². The number of carbonyl (C=O) groups is 1. The quantitative estimate of drug-likeness (QED) is 0.723. The summed E-state index contributed by atoms with van der Waals surface area (Å²) in [6.07, 6.45) is 0.764. The van der Waals surface area contributed by atoms with E-state index in [0.29, 0.717) is 12.3 Å². The Morgan fingerprint density at radius 2 is 2.43 bits per heavy atom. The molecular weight excluding hydrogens is 182 g/mol. The molecule has 0 aliphatic carbocycles. The van der Waals surface area contributed by atoms with Crippen molar-refractivity contribution in [2.75, 3.05) is 6.54 Å². The SMILES string of the molecule is NCC1Cc2ccc(C(=O)O)cc2O1. The van der Waals surface area contributed by atoms with Crippen molar-refractivity contribution in [2.24, 2.45) is 5.73 Å². The molecule has 0 amide bonds. The Bertz CT molecular complexity index is 376. The Hall–Kier alpha value is -1.55. The lowest BCUT2D eigenvalue weighted by Gasteiger charge is -2.05. The molecule has 1 aromatic carbocycles. The summed E-state index contributed by atoms with van der Waals surface area (Å²) in [6, 6.07) is 4.92. The van der Waals surface area contributed by atoms with Crippen LogP contribution in [0, 0.1) is 0 Å². The maximum Gasteiger partial charge on any atom is 0.335 e. The van der Waals surface area contributed by atoms with Gasteiger partial charge in [-0.15, -0.1) is 0 Å². The van der Waals surface area contributed by atoms with Crippen LogP contribution in [-0.2, 0) is 6.42 Å². The first-order valence-corrected chi connectivity index (χ1v) is 4.43. The number of benzene rings is 1. The first kappa shape index (κ1) is 9.02. The summed E-state index contributed by atoms with van der Waals surface area (Å²) >= 11 is 0. The molecule has 0 aromatic heterocycles. The van der Waals surface area contributed by atoms with Gasteiger partial charge in [0.25, 0.3) is 0 Å². The van der Waals surface area contributed by atoms with Crippen molar-refractivity contribution in [1.29, 1.82) is 0 Å². The van der Waals surface area contributed by atoms with Crippen molar-refractivity contribution in [2.45, 2.75) is 12.5 Å². The first-order valence-electron chi connectivity index (χ1n) is 4.43. The number of hydrogen-bond acceptors (Lipinski definition) is 3. The molecule has 4 heteroatoms. The van der Waals surface area contributed by atoms with Crippen molar-refractivity contribution in [3.63, 3.8) is 0 Å². The molecule has 4 nitrogen and oxygen atoms in total. The molecule has 3 N–H and O–H groups in total. The summed E-state index contributed by atoms with van der Waals surface area (Å²) in [4.78, 5) is 10.7. The van der Waals surface area contributed by atoms with E-state index >= 15 is 0 Å². The molecular formula is C10H11NO3. The maximum atomic E-state index is 10.7. The minimum absolute atomic E-state index is 0.00551. The lowest BCUT2D eigenvalue weighted by molar-refractivity contribution is 0.0696. The number of aromatic carboxylic acids is 1. The predicted octanol–water partition coefficient (Wildman–Crippen LogP) is 0.647. The van der Waals surface area contributed by atoms with Gasteiger partial charge >= 0.3 is 5.97 Å². The van der Waals surface area contributed by atoms with Crippen LogP contribution in [0.1, 0.15) is 15.9 Å². The third kappa shape index (κ3) is 1.44. The van der Waals surface area contributed by atoms with Gasteiger partial charge in [-0.05, 0) is 17.7 Å². The van der Waals surface area contributed by atoms with Crippen LogP contribution in [0.15, 0.2) is 18.2 Å². The van der Waals surface area contributed by atoms with E-state index in [1.54, 1.807) is 18.2 Å². The summed E-state index contributed by atoms with van der Waals surface area (Å²) in [5, 5.41) is 8.76. The largest absolute Gasteiger partial charge is 0.488 e. The van der Waals surface area contributed by atoms with Crippen LogP contribution >= 0.6 is 0 Å². The Morgan fingerprint density at radius 1 is 1.64 bits per heavy atom. The lowest BCUT2D eigenvalue weighted by atomic mass is 10.1. The van der Waals surface area contributed by atoms with Crippen molar-refractivity contribution in [3.8, 4) is 5.75 Å². The highest BCUT2D eigenvalue weighted by atomic mass is 16.5. The summed E-state index contributed by atoms with van der Waals surface area (Å²) in [7, 11) is 0. The highest BCUT2D eigenvalue weighted by Gasteiger charge is 2.22. The molecule has 0 spiro atoms. The number of carboxylic acid groups (broad SMARTS) is 1. The molecule has 1 aliphatic heterocycles. The van der Waals surface area contributed by atoms with E-state index in [4.69, 9.17) is 15.6 Å².